The highest BCUT2D eigenvalue weighted by molar-refractivity contribution is 5.74. The molecular formula is C29H40F2N2O3. The van der Waals surface area contributed by atoms with Gasteiger partial charge in [0.1, 0.15) is 11.6 Å². The number of halogens is 2. The molecule has 2 unspecified atom stereocenters. The Kier molecular flexibility index (Phi) is 9.25. The summed E-state index contributed by atoms with van der Waals surface area (Å²) in [7, 11) is 0. The molecule has 36 heavy (non-hydrogen) atoms. The van der Waals surface area contributed by atoms with E-state index in [-0.39, 0.29) is 37.3 Å². The number of nitrogens with two attached hydrogens (primary N) is 1. The van der Waals surface area contributed by atoms with E-state index in [2.05, 4.69) is 50.4 Å². The summed E-state index contributed by atoms with van der Waals surface area (Å²) in [5.41, 5.74) is 7.75. The fourth-order valence-corrected chi connectivity index (χ4v) is 5.30. The van der Waals surface area contributed by atoms with Crippen LogP contribution in [-0.2, 0) is 22.2 Å². The number of aliphatic hydroxyl groups is 2. The second kappa shape index (κ2) is 11.8. The van der Waals surface area contributed by atoms with Gasteiger partial charge in [0.25, 0.3) is 0 Å². The molecule has 5 N–H and O–H groups in total. The lowest BCUT2D eigenvalue weighted by molar-refractivity contribution is -0.119. The van der Waals surface area contributed by atoms with Crippen LogP contribution < -0.4 is 11.1 Å². The number of nitrogens with one attached hydrogen (secondary N) is 1. The average Bonchev–Trinajstić information content (AvgIpc) is 2.81. The van der Waals surface area contributed by atoms with Crippen molar-refractivity contribution in [3.8, 4) is 0 Å². The van der Waals surface area contributed by atoms with Gasteiger partial charge in [0.05, 0.1) is 6.10 Å². The standard InChI is InChI=1S/C29H40F2N2O3/c1-28(2,3)22-5-4-6-23(15-22)29(9-7-19(18-34)8-10-29)33-17-26(35)21(14-27(32)36)11-20-12-24(30)16-25(31)13-20/h4-6,12-13,15-16,19,21,26,33-35H,7-11,14,17-18H2,1-3H3,(H2,32,36). The predicted molar refractivity (Wildman–Crippen MR) is 137 cm³/mol. The fourth-order valence-electron chi connectivity index (χ4n) is 5.30. The van der Waals surface area contributed by atoms with E-state index < -0.39 is 35.1 Å². The molecule has 0 aromatic heterocycles. The molecule has 1 amide bonds. The minimum absolute atomic E-state index is 0.0220. The highest BCUT2D eigenvalue weighted by Gasteiger charge is 2.38. The Balaban J connectivity index is 1.83. The fraction of sp³-hybridized carbons (Fsp3) is 0.552. The van der Waals surface area contributed by atoms with Crippen LogP contribution in [-0.4, -0.2) is 35.4 Å². The van der Waals surface area contributed by atoms with Gasteiger partial charge in [-0.05, 0) is 78.2 Å². The molecule has 0 heterocycles. The molecule has 0 radical (unpaired) electrons. The number of carbonyl (C=O) groups is 1. The molecule has 0 aliphatic heterocycles. The molecule has 7 heteroatoms. The van der Waals surface area contributed by atoms with Gasteiger partial charge in [0.2, 0.25) is 5.91 Å². The minimum atomic E-state index is -0.956. The summed E-state index contributed by atoms with van der Waals surface area (Å²) in [6.45, 7) is 6.86. The maximum atomic E-state index is 13.7. The van der Waals surface area contributed by atoms with Crippen molar-refractivity contribution in [1.82, 2.24) is 5.32 Å². The van der Waals surface area contributed by atoms with Gasteiger partial charge in [0.15, 0.2) is 0 Å². The first-order chi connectivity index (χ1) is 16.9. The molecular weight excluding hydrogens is 462 g/mol. The second-order valence-corrected chi connectivity index (χ2v) is 11.4. The summed E-state index contributed by atoms with van der Waals surface area (Å²) in [6.07, 6.45) is 2.38. The van der Waals surface area contributed by atoms with Crippen LogP contribution in [0.5, 0.6) is 0 Å². The van der Waals surface area contributed by atoms with Crippen molar-refractivity contribution in [2.45, 2.75) is 76.4 Å². The van der Waals surface area contributed by atoms with E-state index in [0.29, 0.717) is 5.56 Å². The maximum Gasteiger partial charge on any atom is 0.217 e. The van der Waals surface area contributed by atoms with Crippen LogP contribution in [0.2, 0.25) is 0 Å². The molecule has 0 bridgehead atoms. The number of rotatable bonds is 10. The lowest BCUT2D eigenvalue weighted by atomic mass is 9.71. The third kappa shape index (κ3) is 7.34. The smallest absolute Gasteiger partial charge is 0.217 e. The molecule has 1 aliphatic carbocycles. The number of aliphatic hydroxyl groups excluding tert-OH is 2. The number of hydrogen-bond acceptors (Lipinski definition) is 4. The Morgan fingerprint density at radius 1 is 1.14 bits per heavy atom. The van der Waals surface area contributed by atoms with E-state index in [9.17, 15) is 23.8 Å². The highest BCUT2D eigenvalue weighted by Crippen LogP contribution is 2.41. The summed E-state index contributed by atoms with van der Waals surface area (Å²) in [4.78, 5) is 11.7. The molecule has 2 aromatic carbocycles. The summed E-state index contributed by atoms with van der Waals surface area (Å²) in [5, 5.41) is 24.4. The van der Waals surface area contributed by atoms with Gasteiger partial charge in [-0.2, -0.15) is 0 Å². The lowest BCUT2D eigenvalue weighted by Gasteiger charge is -2.43. The molecule has 0 spiro atoms. The van der Waals surface area contributed by atoms with Crippen molar-refractivity contribution >= 4 is 5.91 Å². The van der Waals surface area contributed by atoms with Crippen LogP contribution in [0, 0.1) is 23.5 Å². The van der Waals surface area contributed by atoms with Gasteiger partial charge in [-0.1, -0.05) is 45.0 Å². The monoisotopic (exact) mass is 502 g/mol. The van der Waals surface area contributed by atoms with Crippen molar-refractivity contribution in [2.24, 2.45) is 17.6 Å². The number of benzene rings is 2. The van der Waals surface area contributed by atoms with E-state index in [1.165, 1.54) is 17.7 Å². The zero-order valence-corrected chi connectivity index (χ0v) is 21.6. The van der Waals surface area contributed by atoms with Crippen LogP contribution in [0.25, 0.3) is 0 Å². The normalized spacial score (nSPS) is 22.2. The molecule has 1 aliphatic rings. The molecule has 3 rings (SSSR count). The van der Waals surface area contributed by atoms with E-state index in [0.717, 1.165) is 37.3 Å². The van der Waals surface area contributed by atoms with Crippen LogP contribution in [0.1, 0.15) is 69.6 Å². The lowest BCUT2D eigenvalue weighted by Crippen LogP contribution is -2.50. The van der Waals surface area contributed by atoms with Crippen LogP contribution in [0.15, 0.2) is 42.5 Å². The first-order valence-corrected chi connectivity index (χ1v) is 12.8. The molecule has 1 fully saturated rings. The van der Waals surface area contributed by atoms with Crippen LogP contribution >= 0.6 is 0 Å². The van der Waals surface area contributed by atoms with Crippen molar-refractivity contribution < 1.29 is 23.8 Å². The SMILES string of the molecule is CC(C)(C)c1cccc(C2(NCC(O)C(CC(N)=O)Cc3cc(F)cc(F)c3)CCC(CO)CC2)c1. The summed E-state index contributed by atoms with van der Waals surface area (Å²) >= 11 is 0. The number of primary amides is 1. The van der Waals surface area contributed by atoms with E-state index in [1.807, 2.05) is 0 Å². The quantitative estimate of drug-likeness (QED) is 0.389. The maximum absolute atomic E-state index is 13.7. The minimum Gasteiger partial charge on any atom is -0.396 e. The molecule has 0 saturated heterocycles. The molecule has 198 valence electrons. The second-order valence-electron chi connectivity index (χ2n) is 11.4. The van der Waals surface area contributed by atoms with Crippen LogP contribution in [0.3, 0.4) is 0 Å². The summed E-state index contributed by atoms with van der Waals surface area (Å²) < 4.78 is 27.4. The number of hydrogen-bond donors (Lipinski definition) is 4. The summed E-state index contributed by atoms with van der Waals surface area (Å²) in [6, 6.07) is 11.7. The van der Waals surface area contributed by atoms with Gasteiger partial charge in [-0.15, -0.1) is 0 Å². The predicted octanol–water partition coefficient (Wildman–Crippen LogP) is 4.32. The van der Waals surface area contributed by atoms with Gasteiger partial charge in [0, 0.05) is 31.2 Å². The third-order valence-electron chi connectivity index (χ3n) is 7.58. The summed E-state index contributed by atoms with van der Waals surface area (Å²) in [5.74, 6) is -2.32. The van der Waals surface area contributed by atoms with Gasteiger partial charge < -0.3 is 21.3 Å². The third-order valence-corrected chi connectivity index (χ3v) is 7.58. The zero-order valence-electron chi connectivity index (χ0n) is 21.6. The Bertz CT molecular complexity index is 1010. The Morgan fingerprint density at radius 3 is 2.33 bits per heavy atom. The zero-order chi connectivity index (χ0) is 26.5. The Hall–Kier alpha value is -2.35. The van der Waals surface area contributed by atoms with Gasteiger partial charge >= 0.3 is 0 Å². The highest BCUT2D eigenvalue weighted by atomic mass is 19.1. The van der Waals surface area contributed by atoms with Gasteiger partial charge in [-0.25, -0.2) is 8.78 Å². The van der Waals surface area contributed by atoms with Crippen molar-refractivity contribution in [2.75, 3.05) is 13.2 Å². The molecule has 1 saturated carbocycles. The van der Waals surface area contributed by atoms with Crippen molar-refractivity contribution in [1.29, 1.82) is 0 Å². The van der Waals surface area contributed by atoms with Crippen LogP contribution in [0.4, 0.5) is 8.78 Å². The Morgan fingerprint density at radius 2 is 1.78 bits per heavy atom. The molecule has 2 atom stereocenters. The number of amides is 1. The Labute approximate surface area is 213 Å². The first-order valence-electron chi connectivity index (χ1n) is 12.8. The number of carbonyl (C=O) groups excluding carboxylic acids is 1. The molecule has 5 nitrogen and oxygen atoms in total. The van der Waals surface area contributed by atoms with E-state index in [4.69, 9.17) is 5.73 Å². The first kappa shape index (κ1) is 28.2. The molecule has 2 aromatic rings. The topological polar surface area (TPSA) is 95.6 Å². The van der Waals surface area contributed by atoms with E-state index in [1.54, 1.807) is 0 Å². The average molecular weight is 503 g/mol. The van der Waals surface area contributed by atoms with Crippen molar-refractivity contribution in [3.63, 3.8) is 0 Å². The van der Waals surface area contributed by atoms with Gasteiger partial charge in [-0.3, -0.25) is 4.79 Å². The van der Waals surface area contributed by atoms with Crippen molar-refractivity contribution in [3.05, 3.63) is 70.8 Å². The van der Waals surface area contributed by atoms with E-state index >= 15 is 0 Å². The largest absolute Gasteiger partial charge is 0.396 e.